The van der Waals surface area contributed by atoms with Crippen LogP contribution < -0.4 is 4.72 Å². The van der Waals surface area contributed by atoms with Gasteiger partial charge >= 0.3 is 0 Å². The molecular formula is C19H25ClN2O2S. The SMILES string of the molecule is Cc1ccc(C)c(S(=O)(=O)NC(CCN(C)C)c2ccc(Cl)cc2)c1. The maximum absolute atomic E-state index is 12.9. The number of nitrogens with one attached hydrogen (secondary N) is 1. The Balaban J connectivity index is 2.34. The van der Waals surface area contributed by atoms with E-state index in [1.165, 1.54) is 0 Å². The molecule has 2 aromatic carbocycles. The number of benzene rings is 2. The molecule has 0 bridgehead atoms. The van der Waals surface area contributed by atoms with Gasteiger partial charge in [0.1, 0.15) is 0 Å². The average Bonchev–Trinajstić information content (AvgIpc) is 2.54. The lowest BCUT2D eigenvalue weighted by molar-refractivity contribution is 0.375. The van der Waals surface area contributed by atoms with E-state index in [2.05, 4.69) is 4.72 Å². The Morgan fingerprint density at radius 2 is 1.72 bits per heavy atom. The molecule has 4 nitrogen and oxygen atoms in total. The van der Waals surface area contributed by atoms with Crippen LogP contribution in [-0.2, 0) is 10.0 Å². The molecule has 2 aromatic rings. The van der Waals surface area contributed by atoms with E-state index in [1.807, 2.05) is 57.1 Å². The van der Waals surface area contributed by atoms with Crippen molar-refractivity contribution in [1.29, 1.82) is 0 Å². The Morgan fingerprint density at radius 1 is 1.08 bits per heavy atom. The first kappa shape index (κ1) is 19.9. The fourth-order valence-corrected chi connectivity index (χ4v) is 4.34. The van der Waals surface area contributed by atoms with Crippen molar-refractivity contribution < 1.29 is 8.42 Å². The highest BCUT2D eigenvalue weighted by atomic mass is 35.5. The number of nitrogens with zero attached hydrogens (tertiary/aromatic N) is 1. The summed E-state index contributed by atoms with van der Waals surface area (Å²) in [5.41, 5.74) is 2.56. The van der Waals surface area contributed by atoms with Gasteiger partial charge in [-0.2, -0.15) is 0 Å². The molecule has 0 saturated heterocycles. The molecule has 0 saturated carbocycles. The monoisotopic (exact) mass is 380 g/mol. The largest absolute Gasteiger partial charge is 0.309 e. The molecule has 0 radical (unpaired) electrons. The van der Waals surface area contributed by atoms with Gasteiger partial charge < -0.3 is 4.90 Å². The van der Waals surface area contributed by atoms with Gasteiger partial charge in [0, 0.05) is 11.1 Å². The minimum atomic E-state index is -3.62. The van der Waals surface area contributed by atoms with Crippen LogP contribution in [0.4, 0.5) is 0 Å². The average molecular weight is 381 g/mol. The number of hydrogen-bond acceptors (Lipinski definition) is 3. The fraction of sp³-hybridized carbons (Fsp3) is 0.368. The number of halogens is 1. The first-order valence-corrected chi connectivity index (χ1v) is 10.0. The smallest absolute Gasteiger partial charge is 0.241 e. The highest BCUT2D eigenvalue weighted by molar-refractivity contribution is 7.89. The zero-order valence-electron chi connectivity index (χ0n) is 15.1. The van der Waals surface area contributed by atoms with E-state index in [0.717, 1.165) is 23.2 Å². The lowest BCUT2D eigenvalue weighted by Crippen LogP contribution is -2.31. The molecule has 1 N–H and O–H groups in total. The van der Waals surface area contributed by atoms with E-state index < -0.39 is 10.0 Å². The van der Waals surface area contributed by atoms with Gasteiger partial charge in [0.2, 0.25) is 10.0 Å². The van der Waals surface area contributed by atoms with E-state index in [4.69, 9.17) is 11.6 Å². The Bertz CT molecular complexity index is 818. The number of rotatable bonds is 7. The predicted octanol–water partition coefficient (Wildman–Crippen LogP) is 3.93. The second-order valence-electron chi connectivity index (χ2n) is 6.59. The summed E-state index contributed by atoms with van der Waals surface area (Å²) in [4.78, 5) is 2.37. The Labute approximate surface area is 155 Å². The topological polar surface area (TPSA) is 49.4 Å². The van der Waals surface area contributed by atoms with Crippen LogP contribution in [0, 0.1) is 13.8 Å². The van der Waals surface area contributed by atoms with Gasteiger partial charge in [0.15, 0.2) is 0 Å². The van der Waals surface area contributed by atoms with Crippen LogP contribution in [0.15, 0.2) is 47.4 Å². The maximum Gasteiger partial charge on any atom is 0.241 e. The molecule has 25 heavy (non-hydrogen) atoms. The fourth-order valence-electron chi connectivity index (χ4n) is 2.62. The molecule has 0 fully saturated rings. The van der Waals surface area contributed by atoms with Crippen LogP contribution >= 0.6 is 11.6 Å². The van der Waals surface area contributed by atoms with Crippen molar-refractivity contribution in [1.82, 2.24) is 9.62 Å². The highest BCUT2D eigenvalue weighted by Crippen LogP contribution is 2.24. The van der Waals surface area contributed by atoms with Gasteiger partial charge in [-0.05, 0) is 75.8 Å². The third kappa shape index (κ3) is 5.54. The second-order valence-corrected chi connectivity index (χ2v) is 8.71. The summed E-state index contributed by atoms with van der Waals surface area (Å²) < 4.78 is 28.8. The van der Waals surface area contributed by atoms with Crippen molar-refractivity contribution in [2.24, 2.45) is 0 Å². The number of aryl methyl sites for hydroxylation is 2. The minimum absolute atomic E-state index is 0.315. The molecule has 0 aliphatic carbocycles. The second kappa shape index (κ2) is 8.32. The van der Waals surface area contributed by atoms with Gasteiger partial charge in [-0.15, -0.1) is 0 Å². The third-order valence-electron chi connectivity index (χ3n) is 4.07. The van der Waals surface area contributed by atoms with Crippen LogP contribution in [0.1, 0.15) is 29.2 Å². The van der Waals surface area contributed by atoms with Gasteiger partial charge in [0.25, 0.3) is 0 Å². The molecule has 1 atom stereocenters. The highest BCUT2D eigenvalue weighted by Gasteiger charge is 2.23. The Kier molecular flexibility index (Phi) is 6.63. The van der Waals surface area contributed by atoms with E-state index in [-0.39, 0.29) is 6.04 Å². The first-order valence-electron chi connectivity index (χ1n) is 8.19. The first-order chi connectivity index (χ1) is 11.7. The molecule has 0 heterocycles. The summed E-state index contributed by atoms with van der Waals surface area (Å²) >= 11 is 5.96. The maximum atomic E-state index is 12.9. The van der Waals surface area contributed by atoms with Crippen LogP contribution in [0.3, 0.4) is 0 Å². The summed E-state index contributed by atoms with van der Waals surface area (Å²) in [6.45, 7) is 4.47. The Hall–Kier alpha value is -1.40. The van der Waals surface area contributed by atoms with Crippen LogP contribution in [0.2, 0.25) is 5.02 Å². The molecular weight excluding hydrogens is 356 g/mol. The van der Waals surface area contributed by atoms with Gasteiger partial charge in [-0.25, -0.2) is 13.1 Å². The number of sulfonamides is 1. The Morgan fingerprint density at radius 3 is 2.32 bits per heavy atom. The van der Waals surface area contributed by atoms with Gasteiger partial charge in [0.05, 0.1) is 4.90 Å². The van der Waals surface area contributed by atoms with Crippen LogP contribution in [-0.4, -0.2) is 34.0 Å². The van der Waals surface area contributed by atoms with Crippen LogP contribution in [0.5, 0.6) is 0 Å². The zero-order chi connectivity index (χ0) is 18.6. The molecule has 2 rings (SSSR count). The van der Waals surface area contributed by atoms with E-state index >= 15 is 0 Å². The normalized spacial score (nSPS) is 13.2. The van der Waals surface area contributed by atoms with Gasteiger partial charge in [-0.1, -0.05) is 35.9 Å². The molecule has 0 aliphatic heterocycles. The molecule has 6 heteroatoms. The lowest BCUT2D eigenvalue weighted by Gasteiger charge is -2.22. The molecule has 1 unspecified atom stereocenters. The molecule has 0 aliphatic rings. The predicted molar refractivity (Wildman–Crippen MR) is 104 cm³/mol. The van der Waals surface area contributed by atoms with E-state index in [0.29, 0.717) is 16.3 Å². The summed E-state index contributed by atoms with van der Waals surface area (Å²) in [5.74, 6) is 0. The summed E-state index contributed by atoms with van der Waals surface area (Å²) in [5, 5.41) is 0.632. The van der Waals surface area contributed by atoms with Crippen molar-refractivity contribution in [2.75, 3.05) is 20.6 Å². The molecule has 0 spiro atoms. The third-order valence-corrected chi connectivity index (χ3v) is 5.93. The number of hydrogen-bond donors (Lipinski definition) is 1. The lowest BCUT2D eigenvalue weighted by atomic mass is 10.0. The molecule has 0 aromatic heterocycles. The van der Waals surface area contributed by atoms with Crippen molar-refractivity contribution in [3.8, 4) is 0 Å². The minimum Gasteiger partial charge on any atom is -0.309 e. The van der Waals surface area contributed by atoms with E-state index in [1.54, 1.807) is 18.2 Å². The van der Waals surface area contributed by atoms with Crippen molar-refractivity contribution in [3.63, 3.8) is 0 Å². The van der Waals surface area contributed by atoms with Crippen molar-refractivity contribution in [2.45, 2.75) is 31.2 Å². The van der Waals surface area contributed by atoms with Gasteiger partial charge in [-0.3, -0.25) is 0 Å². The standard InChI is InChI=1S/C19H25ClN2O2S/c1-14-5-6-15(2)19(13-14)25(23,24)21-18(11-12-22(3)4)16-7-9-17(20)10-8-16/h5-10,13,18,21H,11-12H2,1-4H3. The summed E-state index contributed by atoms with van der Waals surface area (Å²) in [6.07, 6.45) is 0.665. The quantitative estimate of drug-likeness (QED) is 0.791. The van der Waals surface area contributed by atoms with Crippen molar-refractivity contribution in [3.05, 3.63) is 64.2 Å². The molecule has 0 amide bonds. The summed E-state index contributed by atoms with van der Waals surface area (Å²) in [7, 11) is 0.320. The van der Waals surface area contributed by atoms with Crippen molar-refractivity contribution >= 4 is 21.6 Å². The van der Waals surface area contributed by atoms with Crippen LogP contribution in [0.25, 0.3) is 0 Å². The zero-order valence-corrected chi connectivity index (χ0v) is 16.7. The summed E-state index contributed by atoms with van der Waals surface area (Å²) in [6, 6.07) is 12.4. The molecule has 136 valence electrons. The van der Waals surface area contributed by atoms with E-state index in [9.17, 15) is 8.42 Å².